The first-order valence-electron chi connectivity index (χ1n) is 15.8. The van der Waals surface area contributed by atoms with E-state index < -0.39 is 0 Å². The van der Waals surface area contributed by atoms with Crippen LogP contribution < -0.4 is 0 Å². The highest BCUT2D eigenvalue weighted by Crippen LogP contribution is 2.50. The van der Waals surface area contributed by atoms with Crippen LogP contribution in [-0.2, 0) is 0 Å². The molecule has 0 radical (unpaired) electrons. The van der Waals surface area contributed by atoms with E-state index in [4.69, 9.17) is 0 Å². The van der Waals surface area contributed by atoms with E-state index in [9.17, 15) is 5.11 Å². The molecule has 8 unspecified atom stereocenters. The molecule has 1 fully saturated rings. The maximum Gasteiger partial charge on any atom is 0.0600 e. The van der Waals surface area contributed by atoms with E-state index in [0.29, 0.717) is 17.8 Å². The fourth-order valence-corrected chi connectivity index (χ4v) is 9.05. The van der Waals surface area contributed by atoms with Gasteiger partial charge in [-0.05, 0) is 145 Å². The normalized spacial score (nSPS) is 40.0. The average Bonchev–Trinajstić information content (AvgIpc) is 3.36. The molecule has 1 N–H and O–H groups in total. The van der Waals surface area contributed by atoms with E-state index in [1.54, 1.807) is 11.1 Å². The van der Waals surface area contributed by atoms with Crippen molar-refractivity contribution in [3.8, 4) is 0 Å². The largest absolute Gasteiger partial charge is 0.393 e. The number of aliphatic hydroxyl groups is 1. The molecular weight excluding hydrogens is 436 g/mol. The second-order valence-corrected chi connectivity index (χ2v) is 13.8. The predicted octanol–water partition coefficient (Wildman–Crippen LogP) is 9.59. The number of hydrogen-bond acceptors (Lipinski definition) is 1. The number of hydrogen-bond donors (Lipinski definition) is 1. The summed E-state index contributed by atoms with van der Waals surface area (Å²) >= 11 is 0. The molecule has 0 spiro atoms. The van der Waals surface area contributed by atoms with Gasteiger partial charge in [0.2, 0.25) is 0 Å². The minimum atomic E-state index is -0.152. The van der Waals surface area contributed by atoms with E-state index in [2.05, 4.69) is 52.0 Å². The van der Waals surface area contributed by atoms with Crippen molar-refractivity contribution < 1.29 is 5.11 Å². The fourth-order valence-electron chi connectivity index (χ4n) is 9.05. The maximum atomic E-state index is 10.3. The standard InChI is InChI=1S/C35H54O/c1-5-35(36)29-15-13-28(14-16-29)31-17-24(3)34(25(4)18-31)22-32-21-27(20-30-7-6-8-33(30)32)19-26-11-9-23(2)10-12-26/h9,13,15,17,25-31,34-36H,5-8,10-12,14,16,18-22H2,1-4H3/t25?,26?,27?,28?,29?,30?,31?,34?,35-/m0/s1. The van der Waals surface area contributed by atoms with Gasteiger partial charge in [-0.15, -0.1) is 0 Å². The molecule has 36 heavy (non-hydrogen) atoms. The summed E-state index contributed by atoms with van der Waals surface area (Å²) in [5, 5.41) is 10.3. The Morgan fingerprint density at radius 3 is 2.53 bits per heavy atom. The number of fused-ring (bicyclic) bond motifs is 1. The van der Waals surface area contributed by atoms with Crippen LogP contribution in [0, 0.1) is 47.3 Å². The SMILES string of the molecule is CC[C@H](O)C1C=CC(C2C=C(C)C(CC3=C4CCCC4CC(CC4CC=C(C)CC4)C3)C(C)C2)CC1. The van der Waals surface area contributed by atoms with Gasteiger partial charge in [0.1, 0.15) is 0 Å². The third kappa shape index (κ3) is 5.98. The van der Waals surface area contributed by atoms with Crippen LogP contribution in [0.1, 0.15) is 118 Å². The van der Waals surface area contributed by atoms with E-state index in [1.165, 1.54) is 77.0 Å². The summed E-state index contributed by atoms with van der Waals surface area (Å²) in [5.41, 5.74) is 7.14. The van der Waals surface area contributed by atoms with E-state index in [0.717, 1.165) is 42.4 Å². The Balaban J connectivity index is 1.24. The van der Waals surface area contributed by atoms with Crippen LogP contribution in [0.15, 0.2) is 46.6 Å². The van der Waals surface area contributed by atoms with Gasteiger partial charge in [-0.2, -0.15) is 0 Å². The molecule has 200 valence electrons. The predicted molar refractivity (Wildman–Crippen MR) is 154 cm³/mol. The van der Waals surface area contributed by atoms with Crippen LogP contribution in [0.2, 0.25) is 0 Å². The zero-order valence-electron chi connectivity index (χ0n) is 23.9. The molecule has 0 aliphatic heterocycles. The summed E-state index contributed by atoms with van der Waals surface area (Å²) < 4.78 is 0. The van der Waals surface area contributed by atoms with Crippen LogP contribution in [0.4, 0.5) is 0 Å². The molecule has 1 heteroatoms. The maximum absolute atomic E-state index is 10.3. The highest BCUT2D eigenvalue weighted by Gasteiger charge is 2.37. The smallest absolute Gasteiger partial charge is 0.0600 e. The fraction of sp³-hybridized carbons (Fsp3) is 0.771. The van der Waals surface area contributed by atoms with E-state index in [1.807, 2.05) is 11.1 Å². The molecular formula is C35H54O. The Labute approximate surface area is 222 Å². The summed E-state index contributed by atoms with van der Waals surface area (Å²) in [5.74, 6) is 6.11. The zero-order valence-corrected chi connectivity index (χ0v) is 23.9. The van der Waals surface area contributed by atoms with Crippen molar-refractivity contribution in [2.45, 2.75) is 124 Å². The first-order valence-corrected chi connectivity index (χ1v) is 15.8. The van der Waals surface area contributed by atoms with Gasteiger partial charge < -0.3 is 5.11 Å². The van der Waals surface area contributed by atoms with Crippen LogP contribution >= 0.6 is 0 Å². The highest BCUT2D eigenvalue weighted by molar-refractivity contribution is 5.27. The molecule has 1 saturated carbocycles. The van der Waals surface area contributed by atoms with Crippen molar-refractivity contribution in [1.82, 2.24) is 0 Å². The first-order chi connectivity index (χ1) is 17.4. The zero-order chi connectivity index (χ0) is 25.2. The molecule has 0 aromatic heterocycles. The molecule has 0 amide bonds. The van der Waals surface area contributed by atoms with Crippen LogP contribution in [-0.4, -0.2) is 11.2 Å². The third-order valence-electron chi connectivity index (χ3n) is 11.3. The van der Waals surface area contributed by atoms with Crippen LogP contribution in [0.5, 0.6) is 0 Å². The second kappa shape index (κ2) is 11.8. The van der Waals surface area contributed by atoms with E-state index in [-0.39, 0.29) is 6.10 Å². The molecule has 0 aromatic rings. The Kier molecular flexibility index (Phi) is 8.66. The lowest BCUT2D eigenvalue weighted by molar-refractivity contribution is 0.112. The lowest BCUT2D eigenvalue weighted by Gasteiger charge is -2.40. The van der Waals surface area contributed by atoms with Gasteiger partial charge in [0, 0.05) is 5.92 Å². The van der Waals surface area contributed by atoms with E-state index >= 15 is 0 Å². The summed E-state index contributed by atoms with van der Waals surface area (Å²) in [4.78, 5) is 0. The molecule has 0 bridgehead atoms. The summed E-state index contributed by atoms with van der Waals surface area (Å²) in [6.07, 6.45) is 28.7. The monoisotopic (exact) mass is 490 g/mol. The van der Waals surface area contributed by atoms with Gasteiger partial charge in [0.25, 0.3) is 0 Å². The van der Waals surface area contributed by atoms with Crippen molar-refractivity contribution in [3.63, 3.8) is 0 Å². The Morgan fingerprint density at radius 1 is 0.972 bits per heavy atom. The van der Waals surface area contributed by atoms with Gasteiger partial charge in [-0.25, -0.2) is 0 Å². The molecule has 1 nitrogen and oxygen atoms in total. The van der Waals surface area contributed by atoms with Gasteiger partial charge >= 0.3 is 0 Å². The first kappa shape index (κ1) is 26.5. The molecule has 9 atom stereocenters. The lowest BCUT2D eigenvalue weighted by atomic mass is 9.65. The summed E-state index contributed by atoms with van der Waals surface area (Å²) in [7, 11) is 0. The summed E-state index contributed by atoms with van der Waals surface area (Å²) in [6, 6.07) is 0. The highest BCUT2D eigenvalue weighted by atomic mass is 16.3. The van der Waals surface area contributed by atoms with Crippen molar-refractivity contribution in [3.05, 3.63) is 46.6 Å². The molecule has 0 heterocycles. The third-order valence-corrected chi connectivity index (χ3v) is 11.3. The topological polar surface area (TPSA) is 20.2 Å². The van der Waals surface area contributed by atoms with Crippen molar-refractivity contribution in [1.29, 1.82) is 0 Å². The minimum absolute atomic E-state index is 0.152. The quantitative estimate of drug-likeness (QED) is 0.352. The average molecular weight is 491 g/mol. The van der Waals surface area contributed by atoms with Crippen LogP contribution in [0.25, 0.3) is 0 Å². The number of allylic oxidation sites excluding steroid dienone is 7. The number of aliphatic hydroxyl groups excluding tert-OH is 1. The summed E-state index contributed by atoms with van der Waals surface area (Å²) in [6.45, 7) is 9.44. The Hall–Kier alpha value is -1.08. The molecule has 5 aliphatic rings. The molecule has 5 rings (SSSR count). The van der Waals surface area contributed by atoms with Crippen molar-refractivity contribution in [2.24, 2.45) is 47.3 Å². The van der Waals surface area contributed by atoms with Gasteiger partial charge in [-0.1, -0.05) is 60.4 Å². The molecule has 0 saturated heterocycles. The van der Waals surface area contributed by atoms with Crippen molar-refractivity contribution >= 4 is 0 Å². The van der Waals surface area contributed by atoms with Crippen LogP contribution in [0.3, 0.4) is 0 Å². The van der Waals surface area contributed by atoms with Crippen molar-refractivity contribution in [2.75, 3.05) is 0 Å². The molecule has 5 aliphatic carbocycles. The lowest BCUT2D eigenvalue weighted by Crippen LogP contribution is -2.29. The number of rotatable bonds is 7. The Bertz CT molecular complexity index is 886. The molecule has 0 aromatic carbocycles. The van der Waals surface area contributed by atoms with Gasteiger partial charge in [0.05, 0.1) is 6.10 Å². The Morgan fingerprint density at radius 2 is 1.83 bits per heavy atom. The minimum Gasteiger partial charge on any atom is -0.393 e. The second-order valence-electron chi connectivity index (χ2n) is 13.8. The van der Waals surface area contributed by atoms with Gasteiger partial charge in [0.15, 0.2) is 0 Å². The van der Waals surface area contributed by atoms with Gasteiger partial charge in [-0.3, -0.25) is 0 Å².